The lowest BCUT2D eigenvalue weighted by atomic mass is 10.2. The lowest BCUT2D eigenvalue weighted by Crippen LogP contribution is -2.08. The topological polar surface area (TPSA) is 55.8 Å². The molecule has 0 spiro atoms. The first kappa shape index (κ1) is 10.5. The molecule has 0 heterocycles. The van der Waals surface area contributed by atoms with E-state index in [-0.39, 0.29) is 13.2 Å². The van der Waals surface area contributed by atoms with Gasteiger partial charge in [0.25, 0.3) is 0 Å². The van der Waals surface area contributed by atoms with E-state index in [1.54, 1.807) is 0 Å². The third-order valence-electron chi connectivity index (χ3n) is 1.56. The highest BCUT2D eigenvalue weighted by Gasteiger charge is 1.95. The minimum absolute atomic E-state index is 0.0716. The average Bonchev–Trinajstić information content (AvgIpc) is 2.18. The predicted molar refractivity (Wildman–Crippen MR) is 50.1 cm³/mol. The Bertz CT molecular complexity index is 271. The second-order valence-corrected chi connectivity index (χ2v) is 2.65. The molecule has 0 saturated carbocycles. The van der Waals surface area contributed by atoms with Gasteiger partial charge in [0, 0.05) is 0 Å². The van der Waals surface area contributed by atoms with Gasteiger partial charge in [-0.15, -0.1) is 0 Å². The second kappa shape index (κ2) is 5.99. The molecule has 0 aliphatic heterocycles. The summed E-state index contributed by atoms with van der Waals surface area (Å²) in [6.45, 7) is 0.827. The molecule has 14 heavy (non-hydrogen) atoms. The van der Waals surface area contributed by atoms with Gasteiger partial charge in [-0.3, -0.25) is 0 Å². The van der Waals surface area contributed by atoms with Gasteiger partial charge < -0.3 is 14.6 Å². The van der Waals surface area contributed by atoms with Gasteiger partial charge in [0.15, 0.2) is 0 Å². The van der Waals surface area contributed by atoms with E-state index in [2.05, 4.69) is 4.74 Å². The van der Waals surface area contributed by atoms with Gasteiger partial charge in [-0.2, -0.15) is 0 Å². The van der Waals surface area contributed by atoms with Crippen molar-refractivity contribution in [3.8, 4) is 0 Å². The number of ether oxygens (including phenoxy) is 2. The summed E-state index contributed by atoms with van der Waals surface area (Å²) in [6.07, 6.45) is -1.27. The van der Waals surface area contributed by atoms with Crippen molar-refractivity contribution in [1.82, 2.24) is 0 Å². The Balaban J connectivity index is 2.08. The van der Waals surface area contributed by atoms with E-state index < -0.39 is 6.16 Å². The maximum Gasteiger partial charge on any atom is 0.505 e. The van der Waals surface area contributed by atoms with Crippen LogP contribution in [0.3, 0.4) is 0 Å². The molecule has 1 aromatic carbocycles. The summed E-state index contributed by atoms with van der Waals surface area (Å²) < 4.78 is 9.45. The molecule has 1 rings (SSSR count). The van der Waals surface area contributed by atoms with Crippen LogP contribution in [0.1, 0.15) is 5.56 Å². The molecule has 0 aromatic heterocycles. The normalized spacial score (nSPS) is 9.71. The summed E-state index contributed by atoms with van der Waals surface area (Å²) in [5.74, 6) is 0. The maximum atomic E-state index is 9.95. The minimum atomic E-state index is -1.27. The van der Waals surface area contributed by atoms with Gasteiger partial charge in [0.05, 0.1) is 13.2 Å². The van der Waals surface area contributed by atoms with Gasteiger partial charge in [-0.1, -0.05) is 30.3 Å². The molecular weight excluding hydrogens is 184 g/mol. The van der Waals surface area contributed by atoms with Crippen molar-refractivity contribution in [3.63, 3.8) is 0 Å². The van der Waals surface area contributed by atoms with Crippen LogP contribution in [0.2, 0.25) is 0 Å². The molecule has 76 valence electrons. The van der Waals surface area contributed by atoms with Crippen molar-refractivity contribution >= 4 is 6.16 Å². The summed E-state index contributed by atoms with van der Waals surface area (Å²) in [6, 6.07) is 9.66. The van der Waals surface area contributed by atoms with E-state index in [1.165, 1.54) is 0 Å². The molecule has 0 aliphatic carbocycles. The molecule has 0 atom stereocenters. The van der Waals surface area contributed by atoms with E-state index in [0.717, 1.165) is 5.56 Å². The fourth-order valence-corrected chi connectivity index (χ4v) is 0.952. The highest BCUT2D eigenvalue weighted by Crippen LogP contribution is 1.99. The summed E-state index contributed by atoms with van der Waals surface area (Å²) >= 11 is 0. The number of hydrogen-bond donors (Lipinski definition) is 1. The molecule has 0 saturated heterocycles. The Labute approximate surface area is 82.1 Å². The summed E-state index contributed by atoms with van der Waals surface area (Å²) in [5.41, 5.74) is 1.06. The van der Waals surface area contributed by atoms with Crippen LogP contribution in [-0.2, 0) is 16.1 Å². The highest BCUT2D eigenvalue weighted by molar-refractivity contribution is 5.56. The maximum absolute atomic E-state index is 9.95. The van der Waals surface area contributed by atoms with Crippen molar-refractivity contribution in [2.24, 2.45) is 0 Å². The number of carboxylic acid groups (broad SMARTS) is 1. The first-order valence-electron chi connectivity index (χ1n) is 4.26. The molecule has 0 radical (unpaired) electrons. The molecule has 0 aliphatic rings. The zero-order valence-corrected chi connectivity index (χ0v) is 7.68. The van der Waals surface area contributed by atoms with Crippen LogP contribution in [0.25, 0.3) is 0 Å². The largest absolute Gasteiger partial charge is 0.505 e. The minimum Gasteiger partial charge on any atom is -0.450 e. The summed E-state index contributed by atoms with van der Waals surface area (Å²) in [7, 11) is 0. The highest BCUT2D eigenvalue weighted by atomic mass is 16.7. The summed E-state index contributed by atoms with van der Waals surface area (Å²) in [5, 5.41) is 8.15. The number of benzene rings is 1. The van der Waals surface area contributed by atoms with Crippen LogP contribution in [0, 0.1) is 0 Å². The van der Waals surface area contributed by atoms with Crippen LogP contribution in [0.15, 0.2) is 30.3 Å². The van der Waals surface area contributed by atoms with E-state index in [4.69, 9.17) is 9.84 Å². The molecule has 0 bridgehead atoms. The lowest BCUT2D eigenvalue weighted by molar-refractivity contribution is 0.0424. The molecule has 4 nitrogen and oxygen atoms in total. The zero-order valence-electron chi connectivity index (χ0n) is 7.68. The number of hydrogen-bond acceptors (Lipinski definition) is 3. The van der Waals surface area contributed by atoms with Crippen LogP contribution in [0.5, 0.6) is 0 Å². The number of carbonyl (C=O) groups is 1. The Hall–Kier alpha value is -1.55. The molecule has 0 unspecified atom stereocenters. The van der Waals surface area contributed by atoms with E-state index in [0.29, 0.717) is 6.61 Å². The molecule has 4 heteroatoms. The van der Waals surface area contributed by atoms with Crippen molar-refractivity contribution in [3.05, 3.63) is 35.9 Å². The second-order valence-electron chi connectivity index (χ2n) is 2.65. The fraction of sp³-hybridized carbons (Fsp3) is 0.300. The van der Waals surface area contributed by atoms with Gasteiger partial charge in [-0.05, 0) is 5.56 Å². The fourth-order valence-electron chi connectivity index (χ4n) is 0.952. The van der Waals surface area contributed by atoms with Crippen LogP contribution in [-0.4, -0.2) is 24.5 Å². The molecule has 0 fully saturated rings. The van der Waals surface area contributed by atoms with Crippen molar-refractivity contribution in [1.29, 1.82) is 0 Å². The van der Waals surface area contributed by atoms with Crippen molar-refractivity contribution in [2.45, 2.75) is 6.61 Å². The van der Waals surface area contributed by atoms with Crippen molar-refractivity contribution in [2.75, 3.05) is 13.2 Å². The van der Waals surface area contributed by atoms with Crippen molar-refractivity contribution < 1.29 is 19.4 Å². The van der Waals surface area contributed by atoms with Crippen LogP contribution < -0.4 is 0 Å². The Kier molecular flexibility index (Phi) is 4.50. The summed E-state index contributed by atoms with van der Waals surface area (Å²) in [4.78, 5) is 9.95. The lowest BCUT2D eigenvalue weighted by Gasteiger charge is -2.03. The third-order valence-corrected chi connectivity index (χ3v) is 1.56. The third kappa shape index (κ3) is 4.47. The van der Waals surface area contributed by atoms with E-state index in [9.17, 15) is 4.79 Å². The predicted octanol–water partition coefficient (Wildman–Crippen LogP) is 1.90. The molecular formula is C10H12O4. The average molecular weight is 196 g/mol. The van der Waals surface area contributed by atoms with Crippen LogP contribution in [0.4, 0.5) is 4.79 Å². The van der Waals surface area contributed by atoms with Crippen LogP contribution >= 0.6 is 0 Å². The molecule has 0 amide bonds. The Morgan fingerprint density at radius 2 is 1.93 bits per heavy atom. The van der Waals surface area contributed by atoms with Gasteiger partial charge >= 0.3 is 6.16 Å². The zero-order chi connectivity index (χ0) is 10.2. The SMILES string of the molecule is O=C(O)OCCOCc1ccccc1. The number of rotatable bonds is 5. The van der Waals surface area contributed by atoms with Gasteiger partial charge in [0.1, 0.15) is 6.61 Å². The first-order valence-corrected chi connectivity index (χ1v) is 4.26. The Morgan fingerprint density at radius 1 is 1.21 bits per heavy atom. The monoisotopic (exact) mass is 196 g/mol. The van der Waals surface area contributed by atoms with E-state index >= 15 is 0 Å². The van der Waals surface area contributed by atoms with E-state index in [1.807, 2.05) is 30.3 Å². The smallest absolute Gasteiger partial charge is 0.450 e. The molecule has 1 aromatic rings. The first-order chi connectivity index (χ1) is 6.79. The Morgan fingerprint density at radius 3 is 2.57 bits per heavy atom. The van der Waals surface area contributed by atoms with Gasteiger partial charge in [-0.25, -0.2) is 4.79 Å². The van der Waals surface area contributed by atoms with Gasteiger partial charge in [0.2, 0.25) is 0 Å². The standard InChI is InChI=1S/C10H12O4/c11-10(12)14-7-6-13-8-9-4-2-1-3-5-9/h1-5H,6-8H2,(H,11,12). The molecule has 1 N–H and O–H groups in total. The quantitative estimate of drug-likeness (QED) is 0.577.